The first-order valence-corrected chi connectivity index (χ1v) is 11.5. The van der Waals surface area contributed by atoms with Gasteiger partial charge in [0.15, 0.2) is 5.78 Å². The molecular formula is C27H33NO3. The zero-order chi connectivity index (χ0) is 22.0. The summed E-state index contributed by atoms with van der Waals surface area (Å²) in [5, 5.41) is 11.5. The third-order valence-corrected chi connectivity index (χ3v) is 8.58. The molecule has 1 N–H and O–H groups in total. The molecule has 0 spiro atoms. The highest BCUT2D eigenvalue weighted by molar-refractivity contribution is 5.93. The molecule has 1 unspecified atom stereocenters. The van der Waals surface area contributed by atoms with Gasteiger partial charge < -0.3 is 14.7 Å². The van der Waals surface area contributed by atoms with Gasteiger partial charge in [0.25, 0.3) is 0 Å². The maximum absolute atomic E-state index is 12.1. The van der Waals surface area contributed by atoms with Crippen molar-refractivity contribution in [1.82, 2.24) is 0 Å². The lowest BCUT2D eigenvalue weighted by molar-refractivity contribution is -0.115. The molecule has 1 heterocycles. The highest BCUT2D eigenvalue weighted by Gasteiger charge is 2.62. The van der Waals surface area contributed by atoms with Gasteiger partial charge in [-0.1, -0.05) is 25.1 Å². The predicted molar refractivity (Wildman–Crippen MR) is 123 cm³/mol. The first-order chi connectivity index (χ1) is 14.8. The molecule has 0 aromatic heterocycles. The van der Waals surface area contributed by atoms with Crippen molar-refractivity contribution in [2.75, 3.05) is 25.6 Å². The van der Waals surface area contributed by atoms with Crippen LogP contribution in [0.1, 0.15) is 50.5 Å². The van der Waals surface area contributed by atoms with Gasteiger partial charge in [-0.25, -0.2) is 0 Å². The Bertz CT molecular complexity index is 988. The number of ketones is 1. The van der Waals surface area contributed by atoms with E-state index >= 15 is 0 Å². The Balaban J connectivity index is 1.67. The molecule has 5 atom stereocenters. The molecule has 0 bridgehead atoms. The quantitative estimate of drug-likeness (QED) is 0.730. The number of carbonyl (C=O) groups is 1. The van der Waals surface area contributed by atoms with Gasteiger partial charge >= 0.3 is 0 Å². The summed E-state index contributed by atoms with van der Waals surface area (Å²) < 4.78 is 6.50. The fourth-order valence-electron chi connectivity index (χ4n) is 6.69. The number of rotatable bonds is 3. The number of nitrogens with zero attached hydrogens (tertiary/aromatic N) is 1. The van der Waals surface area contributed by atoms with E-state index in [1.165, 1.54) is 22.4 Å². The molecule has 5 rings (SSSR count). The standard InChI is InChI=1S/C27H33NO3/c1-5-27(30)13-12-23-25-24(21-11-10-20(29)14-18(21)16-31-25)22(15-26(23,27)2)17-6-8-19(9-7-17)28(3)4/h5-9,14,22-23,25,30H,1,10-13,15-16H2,2-4H3/t22?,23-,25-,26-,27-/m0/s1. The molecule has 2 saturated carbocycles. The maximum Gasteiger partial charge on any atom is 0.156 e. The van der Waals surface area contributed by atoms with Gasteiger partial charge in [-0.3, -0.25) is 4.79 Å². The summed E-state index contributed by atoms with van der Waals surface area (Å²) in [5.41, 5.74) is 5.03. The first-order valence-electron chi connectivity index (χ1n) is 11.5. The highest BCUT2D eigenvalue weighted by Crippen LogP contribution is 2.64. The normalized spacial score (nSPS) is 37.0. The molecule has 31 heavy (non-hydrogen) atoms. The van der Waals surface area contributed by atoms with Gasteiger partial charge in [-0.15, -0.1) is 6.58 Å². The van der Waals surface area contributed by atoms with Crippen molar-refractivity contribution in [2.24, 2.45) is 11.3 Å². The summed E-state index contributed by atoms with van der Waals surface area (Å²) >= 11 is 0. The van der Waals surface area contributed by atoms with E-state index in [1.54, 1.807) is 12.2 Å². The van der Waals surface area contributed by atoms with Crippen LogP contribution in [0.4, 0.5) is 5.69 Å². The number of ether oxygens (including phenoxy) is 1. The molecule has 1 aromatic rings. The van der Waals surface area contributed by atoms with Crippen molar-refractivity contribution >= 4 is 11.5 Å². The van der Waals surface area contributed by atoms with Crippen LogP contribution >= 0.6 is 0 Å². The minimum absolute atomic E-state index is 0.00778. The SMILES string of the molecule is C=C[C@]1(O)CC[C@H]2[C@@H]3OCC4=CC(=O)CCC4=C3C(c3ccc(N(C)C)cc3)C[C@@]21C. The summed E-state index contributed by atoms with van der Waals surface area (Å²) in [6.07, 6.45) is 7.48. The molecule has 1 aliphatic heterocycles. The smallest absolute Gasteiger partial charge is 0.156 e. The Morgan fingerprint density at radius 3 is 2.65 bits per heavy atom. The highest BCUT2D eigenvalue weighted by atomic mass is 16.5. The lowest BCUT2D eigenvalue weighted by Gasteiger charge is -2.53. The lowest BCUT2D eigenvalue weighted by Crippen LogP contribution is -2.53. The van der Waals surface area contributed by atoms with Crippen LogP contribution < -0.4 is 4.90 Å². The lowest BCUT2D eigenvalue weighted by atomic mass is 9.55. The summed E-state index contributed by atoms with van der Waals surface area (Å²) in [6, 6.07) is 8.79. The maximum atomic E-state index is 12.1. The van der Waals surface area contributed by atoms with Crippen LogP contribution in [0.15, 0.2) is 59.7 Å². The molecule has 2 fully saturated rings. The first kappa shape index (κ1) is 20.7. The fraction of sp³-hybridized carbons (Fsp3) is 0.519. The van der Waals surface area contributed by atoms with Crippen molar-refractivity contribution in [3.63, 3.8) is 0 Å². The summed E-state index contributed by atoms with van der Waals surface area (Å²) in [5.74, 6) is 0.629. The topological polar surface area (TPSA) is 49.8 Å². The van der Waals surface area contributed by atoms with E-state index < -0.39 is 5.60 Å². The van der Waals surface area contributed by atoms with Gasteiger partial charge in [-0.05, 0) is 72.1 Å². The van der Waals surface area contributed by atoms with Crippen LogP contribution in [0.2, 0.25) is 0 Å². The zero-order valence-corrected chi connectivity index (χ0v) is 18.9. The van der Waals surface area contributed by atoms with Crippen LogP contribution in [-0.2, 0) is 9.53 Å². The van der Waals surface area contributed by atoms with Gasteiger partial charge in [0.1, 0.15) is 0 Å². The number of benzene rings is 1. The molecule has 0 radical (unpaired) electrons. The number of carbonyl (C=O) groups excluding carboxylic acids is 1. The van der Waals surface area contributed by atoms with E-state index in [4.69, 9.17) is 4.74 Å². The van der Waals surface area contributed by atoms with Gasteiger partial charge in [0.05, 0.1) is 18.3 Å². The molecule has 3 aliphatic carbocycles. The summed E-state index contributed by atoms with van der Waals surface area (Å²) in [6.45, 7) is 6.73. The molecule has 4 aliphatic rings. The van der Waals surface area contributed by atoms with Crippen molar-refractivity contribution in [3.8, 4) is 0 Å². The molecule has 4 nitrogen and oxygen atoms in total. The van der Waals surface area contributed by atoms with Crippen molar-refractivity contribution in [2.45, 2.75) is 56.7 Å². The zero-order valence-electron chi connectivity index (χ0n) is 18.9. The van der Waals surface area contributed by atoms with Crippen LogP contribution in [0.3, 0.4) is 0 Å². The van der Waals surface area contributed by atoms with Crippen LogP contribution in [0.25, 0.3) is 0 Å². The number of hydrogen-bond donors (Lipinski definition) is 1. The minimum Gasteiger partial charge on any atom is -0.385 e. The molecule has 164 valence electrons. The van der Waals surface area contributed by atoms with E-state index in [1.807, 2.05) is 0 Å². The van der Waals surface area contributed by atoms with Crippen LogP contribution in [0.5, 0.6) is 0 Å². The largest absolute Gasteiger partial charge is 0.385 e. The second kappa shape index (κ2) is 7.18. The predicted octanol–water partition coefficient (Wildman–Crippen LogP) is 4.56. The Kier molecular flexibility index (Phi) is 4.80. The van der Waals surface area contributed by atoms with E-state index in [0.29, 0.717) is 13.0 Å². The number of aliphatic hydroxyl groups is 1. The van der Waals surface area contributed by atoms with Crippen LogP contribution in [-0.4, -0.2) is 43.3 Å². The Morgan fingerprint density at radius 1 is 1.23 bits per heavy atom. The van der Waals surface area contributed by atoms with Crippen LogP contribution in [0, 0.1) is 11.3 Å². The van der Waals surface area contributed by atoms with E-state index in [-0.39, 0.29) is 29.1 Å². The number of anilines is 1. The minimum atomic E-state index is -0.877. The van der Waals surface area contributed by atoms with E-state index in [2.05, 4.69) is 56.8 Å². The van der Waals surface area contributed by atoms with E-state index in [9.17, 15) is 9.90 Å². The van der Waals surface area contributed by atoms with Gasteiger partial charge in [-0.2, -0.15) is 0 Å². The molecule has 4 heteroatoms. The third kappa shape index (κ3) is 2.99. The van der Waals surface area contributed by atoms with E-state index in [0.717, 1.165) is 31.3 Å². The molecule has 1 aromatic carbocycles. The summed E-state index contributed by atoms with van der Waals surface area (Å²) in [4.78, 5) is 14.2. The Morgan fingerprint density at radius 2 is 1.97 bits per heavy atom. The number of allylic oxidation sites excluding steroid dienone is 1. The summed E-state index contributed by atoms with van der Waals surface area (Å²) in [7, 11) is 4.10. The Labute approximate surface area is 185 Å². The monoisotopic (exact) mass is 419 g/mol. The van der Waals surface area contributed by atoms with Crippen molar-refractivity contribution in [3.05, 3.63) is 65.3 Å². The molecule has 0 amide bonds. The van der Waals surface area contributed by atoms with Crippen molar-refractivity contribution < 1.29 is 14.6 Å². The molecule has 0 saturated heterocycles. The Hall–Kier alpha value is -2.17. The van der Waals surface area contributed by atoms with Crippen molar-refractivity contribution in [1.29, 1.82) is 0 Å². The second-order valence-electron chi connectivity index (χ2n) is 10.2. The number of fused-ring (bicyclic) bond motifs is 4. The number of hydrogen-bond acceptors (Lipinski definition) is 4. The molecular weight excluding hydrogens is 386 g/mol. The average Bonchev–Trinajstić information content (AvgIpc) is 3.04. The van der Waals surface area contributed by atoms with Gasteiger partial charge in [0.2, 0.25) is 0 Å². The fourth-order valence-corrected chi connectivity index (χ4v) is 6.69. The second-order valence-corrected chi connectivity index (χ2v) is 10.2. The average molecular weight is 420 g/mol. The third-order valence-electron chi connectivity index (χ3n) is 8.58. The van der Waals surface area contributed by atoms with Gasteiger partial charge in [0, 0.05) is 37.5 Å².